The number of rotatable bonds is 7. The second-order valence-corrected chi connectivity index (χ2v) is 5.72. The minimum atomic E-state index is -1.56. The first-order valence-corrected chi connectivity index (χ1v) is 6.97. The first-order chi connectivity index (χ1) is 9.69. The molecule has 116 valence electrons. The van der Waals surface area contributed by atoms with Crippen molar-refractivity contribution in [3.8, 4) is 0 Å². The topological polar surface area (TPSA) is 86.6 Å². The van der Waals surface area contributed by atoms with Crippen LogP contribution in [0.25, 0.3) is 0 Å². The molecule has 1 unspecified atom stereocenters. The maximum atomic E-state index is 13.3. The molecule has 0 heterocycles. The van der Waals surface area contributed by atoms with Gasteiger partial charge in [0.2, 0.25) is 5.91 Å². The lowest BCUT2D eigenvalue weighted by Crippen LogP contribution is -2.42. The van der Waals surface area contributed by atoms with Gasteiger partial charge in [0.1, 0.15) is 11.6 Å². The zero-order valence-corrected chi connectivity index (χ0v) is 12.0. The molecule has 8 heteroatoms. The van der Waals surface area contributed by atoms with Gasteiger partial charge in [-0.05, 0) is 19.1 Å². The monoisotopic (exact) mass is 319 g/mol. The van der Waals surface area contributed by atoms with Gasteiger partial charge in [0.15, 0.2) is 0 Å². The second-order valence-electron chi connectivity index (χ2n) is 4.71. The summed E-state index contributed by atoms with van der Waals surface area (Å²) in [6.45, 7) is 1.05. The van der Waals surface area contributed by atoms with Gasteiger partial charge < -0.3 is 15.5 Å². The van der Waals surface area contributed by atoms with Gasteiger partial charge in [-0.3, -0.25) is 9.59 Å². The van der Waals surface area contributed by atoms with Crippen LogP contribution in [-0.2, 0) is 9.59 Å². The van der Waals surface area contributed by atoms with Gasteiger partial charge in [-0.15, -0.1) is 11.8 Å². The number of carbonyl (C=O) groups is 2. The molecule has 0 aliphatic rings. The predicted octanol–water partition coefficient (Wildman–Crippen LogP) is 1.40. The molecule has 21 heavy (non-hydrogen) atoms. The Morgan fingerprint density at radius 2 is 2.05 bits per heavy atom. The highest BCUT2D eigenvalue weighted by atomic mass is 32.2. The summed E-state index contributed by atoms with van der Waals surface area (Å²) in [7, 11) is 0. The Morgan fingerprint density at radius 1 is 1.38 bits per heavy atom. The summed E-state index contributed by atoms with van der Waals surface area (Å²) in [4.78, 5) is 22.2. The average molecular weight is 319 g/mol. The van der Waals surface area contributed by atoms with Gasteiger partial charge in [-0.25, -0.2) is 8.78 Å². The van der Waals surface area contributed by atoms with E-state index in [-0.39, 0.29) is 17.2 Å². The quantitative estimate of drug-likeness (QED) is 0.661. The van der Waals surface area contributed by atoms with Crippen LogP contribution in [0.3, 0.4) is 0 Å². The van der Waals surface area contributed by atoms with Crippen LogP contribution >= 0.6 is 11.8 Å². The van der Waals surface area contributed by atoms with E-state index in [1.54, 1.807) is 0 Å². The SMILES string of the molecule is CC(O)(CNC(=O)CSc1ccc(F)cc1F)CC(=O)O. The number of carboxylic acids is 1. The first kappa shape index (κ1) is 17.4. The van der Waals surface area contributed by atoms with Crippen LogP contribution in [-0.4, -0.2) is 40.0 Å². The highest BCUT2D eigenvalue weighted by Gasteiger charge is 2.24. The van der Waals surface area contributed by atoms with E-state index in [1.165, 1.54) is 13.0 Å². The third-order valence-electron chi connectivity index (χ3n) is 2.45. The van der Waals surface area contributed by atoms with Crippen molar-refractivity contribution in [3.05, 3.63) is 29.8 Å². The molecule has 0 fully saturated rings. The molecule has 0 spiro atoms. The number of aliphatic carboxylic acids is 1. The molecule has 0 bridgehead atoms. The van der Waals surface area contributed by atoms with Crippen molar-refractivity contribution in [1.82, 2.24) is 5.32 Å². The second kappa shape index (κ2) is 7.37. The molecule has 1 aromatic rings. The van der Waals surface area contributed by atoms with E-state index in [4.69, 9.17) is 5.11 Å². The summed E-state index contributed by atoms with van der Waals surface area (Å²) in [6.07, 6.45) is -0.507. The summed E-state index contributed by atoms with van der Waals surface area (Å²) >= 11 is 0.877. The number of nitrogens with one attached hydrogen (secondary N) is 1. The number of benzene rings is 1. The summed E-state index contributed by atoms with van der Waals surface area (Å²) in [5.74, 6) is -3.27. The van der Waals surface area contributed by atoms with Gasteiger partial charge in [0, 0.05) is 17.5 Å². The number of halogens is 2. The van der Waals surface area contributed by atoms with Crippen LogP contribution in [0.1, 0.15) is 13.3 Å². The Hall–Kier alpha value is -1.67. The largest absolute Gasteiger partial charge is 0.481 e. The lowest BCUT2D eigenvalue weighted by molar-refractivity contribution is -0.142. The van der Waals surface area contributed by atoms with Crippen molar-refractivity contribution in [2.45, 2.75) is 23.8 Å². The molecule has 0 saturated heterocycles. The molecule has 0 aliphatic carbocycles. The zero-order valence-electron chi connectivity index (χ0n) is 11.2. The van der Waals surface area contributed by atoms with Crippen LogP contribution in [0.4, 0.5) is 8.78 Å². The van der Waals surface area contributed by atoms with E-state index in [9.17, 15) is 23.5 Å². The van der Waals surface area contributed by atoms with E-state index < -0.39 is 35.5 Å². The van der Waals surface area contributed by atoms with Crippen molar-refractivity contribution < 1.29 is 28.6 Å². The number of aliphatic hydroxyl groups is 1. The van der Waals surface area contributed by atoms with Crippen LogP contribution in [0.5, 0.6) is 0 Å². The molecule has 1 aromatic carbocycles. The van der Waals surface area contributed by atoms with E-state index in [1.807, 2.05) is 0 Å². The summed E-state index contributed by atoms with van der Waals surface area (Å²) < 4.78 is 26.0. The lowest BCUT2D eigenvalue weighted by Gasteiger charge is -2.21. The molecule has 0 radical (unpaired) electrons. The Kier molecular flexibility index (Phi) is 6.10. The number of thioether (sulfide) groups is 1. The number of hydrogen-bond acceptors (Lipinski definition) is 4. The summed E-state index contributed by atoms with van der Waals surface area (Å²) in [6, 6.07) is 3.03. The number of carbonyl (C=O) groups excluding carboxylic acids is 1. The standard InChI is InChI=1S/C13H15F2NO4S/c1-13(20,5-12(18)19)7-16-11(17)6-21-10-3-2-8(14)4-9(10)15/h2-4,20H,5-7H2,1H3,(H,16,17)(H,18,19). The predicted molar refractivity (Wildman–Crippen MR) is 73.0 cm³/mol. The minimum Gasteiger partial charge on any atom is -0.481 e. The smallest absolute Gasteiger partial charge is 0.306 e. The van der Waals surface area contributed by atoms with Gasteiger partial charge in [-0.2, -0.15) is 0 Å². The molecular weight excluding hydrogens is 304 g/mol. The van der Waals surface area contributed by atoms with Gasteiger partial charge in [-0.1, -0.05) is 0 Å². The lowest BCUT2D eigenvalue weighted by atomic mass is 10.0. The van der Waals surface area contributed by atoms with Crippen LogP contribution in [0.2, 0.25) is 0 Å². The molecule has 1 rings (SSSR count). The summed E-state index contributed by atoms with van der Waals surface area (Å²) in [5, 5.41) is 20.6. The van der Waals surface area contributed by atoms with Crippen molar-refractivity contribution in [3.63, 3.8) is 0 Å². The highest BCUT2D eigenvalue weighted by molar-refractivity contribution is 8.00. The molecule has 3 N–H and O–H groups in total. The fourth-order valence-corrected chi connectivity index (χ4v) is 2.21. The number of amides is 1. The van der Waals surface area contributed by atoms with Crippen molar-refractivity contribution in [2.24, 2.45) is 0 Å². The van der Waals surface area contributed by atoms with Crippen LogP contribution < -0.4 is 5.32 Å². The fraction of sp³-hybridized carbons (Fsp3) is 0.385. The zero-order chi connectivity index (χ0) is 16.0. The minimum absolute atomic E-state index is 0.129. The molecule has 0 saturated carbocycles. The Labute approximate surface area is 124 Å². The van der Waals surface area contributed by atoms with Gasteiger partial charge in [0.25, 0.3) is 0 Å². The van der Waals surface area contributed by atoms with Crippen LogP contribution in [0.15, 0.2) is 23.1 Å². The van der Waals surface area contributed by atoms with Crippen molar-refractivity contribution in [1.29, 1.82) is 0 Å². The number of hydrogen-bond donors (Lipinski definition) is 3. The Morgan fingerprint density at radius 3 is 2.62 bits per heavy atom. The highest BCUT2D eigenvalue weighted by Crippen LogP contribution is 2.22. The average Bonchev–Trinajstić information content (AvgIpc) is 2.34. The van der Waals surface area contributed by atoms with E-state index in [2.05, 4.69) is 5.32 Å². The molecular formula is C13H15F2NO4S. The Bertz CT molecular complexity index is 537. The normalized spacial score (nSPS) is 13.5. The van der Waals surface area contributed by atoms with E-state index in [0.717, 1.165) is 23.9 Å². The number of carboxylic acid groups (broad SMARTS) is 1. The fourth-order valence-electron chi connectivity index (χ4n) is 1.46. The third-order valence-corrected chi connectivity index (χ3v) is 3.50. The Balaban J connectivity index is 2.42. The van der Waals surface area contributed by atoms with E-state index >= 15 is 0 Å². The maximum Gasteiger partial charge on any atom is 0.306 e. The van der Waals surface area contributed by atoms with Gasteiger partial charge >= 0.3 is 5.97 Å². The van der Waals surface area contributed by atoms with Crippen molar-refractivity contribution >= 4 is 23.6 Å². The van der Waals surface area contributed by atoms with Crippen molar-refractivity contribution in [2.75, 3.05) is 12.3 Å². The van der Waals surface area contributed by atoms with E-state index in [0.29, 0.717) is 0 Å². The molecule has 0 aliphatic heterocycles. The molecule has 0 aromatic heterocycles. The van der Waals surface area contributed by atoms with Gasteiger partial charge in [0.05, 0.1) is 17.8 Å². The first-order valence-electron chi connectivity index (χ1n) is 5.98. The summed E-state index contributed by atoms with van der Waals surface area (Å²) in [5.41, 5.74) is -1.56. The third kappa shape index (κ3) is 6.54. The van der Waals surface area contributed by atoms with Crippen LogP contribution in [0, 0.1) is 11.6 Å². The molecule has 1 amide bonds. The molecule has 1 atom stereocenters. The molecule has 5 nitrogen and oxygen atoms in total. The maximum absolute atomic E-state index is 13.3.